The highest BCUT2D eigenvalue weighted by Crippen LogP contribution is 2.26. The van der Waals surface area contributed by atoms with Gasteiger partial charge in [-0.15, -0.1) is 0 Å². The van der Waals surface area contributed by atoms with Crippen molar-refractivity contribution in [3.8, 4) is 0 Å². The van der Waals surface area contributed by atoms with Crippen LogP contribution in [0.2, 0.25) is 5.02 Å². The fourth-order valence-electron chi connectivity index (χ4n) is 1.57. The summed E-state index contributed by atoms with van der Waals surface area (Å²) >= 11 is 7.92. The van der Waals surface area contributed by atoms with Crippen LogP contribution in [0.5, 0.6) is 0 Å². The van der Waals surface area contributed by atoms with E-state index < -0.39 is 0 Å². The lowest BCUT2D eigenvalue weighted by atomic mass is 10.1. The third-order valence-electron chi connectivity index (χ3n) is 2.64. The lowest BCUT2D eigenvalue weighted by Crippen LogP contribution is -2.32. The maximum atomic E-state index is 13.7. The molecule has 0 bridgehead atoms. The average molecular weight is 290 g/mol. The summed E-state index contributed by atoms with van der Waals surface area (Å²) in [5.74, 6) is 0.716. The Hall–Kier alpha value is -0.250. The van der Waals surface area contributed by atoms with E-state index in [2.05, 4.69) is 26.1 Å². The zero-order valence-corrected chi connectivity index (χ0v) is 13.0. The first kappa shape index (κ1) is 15.8. The molecule has 102 valence electrons. The minimum absolute atomic E-state index is 0.216. The fourth-order valence-corrected chi connectivity index (χ4v) is 2.79. The number of halogens is 2. The Morgan fingerprint density at radius 2 is 2.06 bits per heavy atom. The van der Waals surface area contributed by atoms with Crippen molar-refractivity contribution in [1.29, 1.82) is 0 Å². The molecule has 0 saturated heterocycles. The third-order valence-corrected chi connectivity index (χ3v) is 4.43. The Balaban J connectivity index is 2.68. The van der Waals surface area contributed by atoms with Crippen molar-refractivity contribution >= 4 is 23.4 Å². The van der Waals surface area contributed by atoms with Gasteiger partial charge in [-0.25, -0.2) is 4.39 Å². The summed E-state index contributed by atoms with van der Waals surface area (Å²) in [4.78, 5) is 0. The zero-order valence-electron chi connectivity index (χ0n) is 11.4. The van der Waals surface area contributed by atoms with Gasteiger partial charge >= 0.3 is 0 Å². The molecule has 0 amide bonds. The molecule has 1 rings (SSSR count). The predicted octanol–water partition coefficient (Wildman–Crippen LogP) is 4.14. The van der Waals surface area contributed by atoms with Crippen molar-refractivity contribution in [2.24, 2.45) is 0 Å². The van der Waals surface area contributed by atoms with Crippen LogP contribution in [-0.2, 0) is 6.42 Å². The van der Waals surface area contributed by atoms with E-state index in [0.717, 1.165) is 5.75 Å². The van der Waals surface area contributed by atoms with E-state index in [1.54, 1.807) is 12.1 Å². The van der Waals surface area contributed by atoms with Crippen LogP contribution in [0.1, 0.15) is 26.3 Å². The molecule has 1 atom stereocenters. The highest BCUT2D eigenvalue weighted by Gasteiger charge is 2.17. The summed E-state index contributed by atoms with van der Waals surface area (Å²) < 4.78 is 13.9. The molecular weight excluding hydrogens is 269 g/mol. The number of hydrogen-bond donors (Lipinski definition) is 1. The fraction of sp³-hybridized carbons (Fsp3) is 0.571. The third kappa shape index (κ3) is 5.17. The largest absolute Gasteiger partial charge is 0.316 e. The summed E-state index contributed by atoms with van der Waals surface area (Å²) in [6.07, 6.45) is 0.616. The van der Waals surface area contributed by atoms with E-state index in [9.17, 15) is 4.39 Å². The number of hydrogen-bond acceptors (Lipinski definition) is 2. The molecule has 0 heterocycles. The molecule has 0 aliphatic rings. The van der Waals surface area contributed by atoms with E-state index in [0.29, 0.717) is 17.0 Å². The lowest BCUT2D eigenvalue weighted by molar-refractivity contribution is 0.567. The molecule has 0 spiro atoms. The molecule has 1 aromatic rings. The summed E-state index contributed by atoms with van der Waals surface area (Å²) in [5.41, 5.74) is 0.605. The lowest BCUT2D eigenvalue weighted by Gasteiger charge is -2.23. The summed E-state index contributed by atoms with van der Waals surface area (Å²) in [7, 11) is 1.91. The van der Waals surface area contributed by atoms with E-state index in [-0.39, 0.29) is 16.6 Å². The molecule has 1 N–H and O–H groups in total. The normalized spacial score (nSPS) is 13.7. The van der Waals surface area contributed by atoms with Gasteiger partial charge in [0.1, 0.15) is 5.82 Å². The van der Waals surface area contributed by atoms with E-state index in [1.165, 1.54) is 6.07 Å². The average Bonchev–Trinajstić information content (AvgIpc) is 2.26. The van der Waals surface area contributed by atoms with Gasteiger partial charge in [0.2, 0.25) is 0 Å². The Bertz CT molecular complexity index is 370. The number of thioether (sulfide) groups is 1. The van der Waals surface area contributed by atoms with Crippen LogP contribution in [0.25, 0.3) is 0 Å². The highest BCUT2D eigenvalue weighted by molar-refractivity contribution is 8.00. The smallest absolute Gasteiger partial charge is 0.127 e. The van der Waals surface area contributed by atoms with Gasteiger partial charge in [0, 0.05) is 27.1 Å². The zero-order chi connectivity index (χ0) is 13.8. The Labute approximate surface area is 118 Å². The first-order valence-electron chi connectivity index (χ1n) is 6.07. The second kappa shape index (κ2) is 6.78. The molecule has 0 aliphatic heterocycles. The monoisotopic (exact) mass is 289 g/mol. The number of nitrogens with one attached hydrogen (secondary N) is 1. The highest BCUT2D eigenvalue weighted by atomic mass is 35.5. The maximum absolute atomic E-state index is 13.7. The molecule has 0 radical (unpaired) electrons. The van der Waals surface area contributed by atoms with Crippen molar-refractivity contribution < 1.29 is 4.39 Å². The molecule has 0 aliphatic carbocycles. The quantitative estimate of drug-likeness (QED) is 0.874. The van der Waals surface area contributed by atoms with Crippen molar-refractivity contribution in [3.63, 3.8) is 0 Å². The molecule has 1 unspecified atom stereocenters. The van der Waals surface area contributed by atoms with Gasteiger partial charge in [-0.05, 0) is 25.6 Å². The number of likely N-dealkylation sites (N-methyl/N-ethyl adjacent to an activating group) is 1. The summed E-state index contributed by atoms with van der Waals surface area (Å²) in [6, 6.07) is 5.07. The van der Waals surface area contributed by atoms with Gasteiger partial charge in [-0.3, -0.25) is 0 Å². The molecule has 4 heteroatoms. The van der Waals surface area contributed by atoms with Crippen LogP contribution in [0.15, 0.2) is 18.2 Å². The summed E-state index contributed by atoms with van der Waals surface area (Å²) in [6.45, 7) is 6.54. The second-order valence-corrected chi connectivity index (χ2v) is 7.57. The van der Waals surface area contributed by atoms with Crippen LogP contribution in [0.4, 0.5) is 4.39 Å². The minimum Gasteiger partial charge on any atom is -0.316 e. The van der Waals surface area contributed by atoms with E-state index >= 15 is 0 Å². The van der Waals surface area contributed by atoms with Crippen molar-refractivity contribution in [2.45, 2.75) is 38.0 Å². The molecule has 0 fully saturated rings. The van der Waals surface area contributed by atoms with Crippen LogP contribution in [0.3, 0.4) is 0 Å². The van der Waals surface area contributed by atoms with Gasteiger partial charge < -0.3 is 5.32 Å². The first-order chi connectivity index (χ1) is 8.33. The van der Waals surface area contributed by atoms with Gasteiger partial charge in [0.15, 0.2) is 0 Å². The van der Waals surface area contributed by atoms with Crippen molar-refractivity contribution in [3.05, 3.63) is 34.6 Å². The Morgan fingerprint density at radius 1 is 1.39 bits per heavy atom. The molecule has 0 saturated carbocycles. The first-order valence-corrected chi connectivity index (χ1v) is 7.44. The van der Waals surface area contributed by atoms with E-state index in [1.807, 2.05) is 18.8 Å². The van der Waals surface area contributed by atoms with Crippen LogP contribution >= 0.6 is 23.4 Å². The second-order valence-electron chi connectivity index (χ2n) is 5.31. The van der Waals surface area contributed by atoms with Crippen molar-refractivity contribution in [2.75, 3.05) is 12.8 Å². The Kier molecular flexibility index (Phi) is 5.96. The van der Waals surface area contributed by atoms with Crippen LogP contribution in [-0.4, -0.2) is 23.6 Å². The van der Waals surface area contributed by atoms with Crippen LogP contribution < -0.4 is 5.32 Å². The number of benzene rings is 1. The molecular formula is C14H21ClFNS. The molecule has 18 heavy (non-hydrogen) atoms. The standard InChI is InChI=1S/C14H21ClFNS/c1-14(2,3)18-9-10(17-4)8-11-12(15)6-5-7-13(11)16/h5-7,10,17H,8-9H2,1-4H3. The maximum Gasteiger partial charge on any atom is 0.127 e. The summed E-state index contributed by atoms with van der Waals surface area (Å²) in [5, 5.41) is 3.74. The van der Waals surface area contributed by atoms with Crippen LogP contribution in [0, 0.1) is 5.82 Å². The van der Waals surface area contributed by atoms with Gasteiger partial charge in [0.05, 0.1) is 0 Å². The molecule has 1 nitrogen and oxygen atoms in total. The molecule has 1 aromatic carbocycles. The minimum atomic E-state index is -0.219. The SMILES string of the molecule is CNC(CSC(C)(C)C)Cc1c(F)cccc1Cl. The van der Waals surface area contributed by atoms with E-state index in [4.69, 9.17) is 11.6 Å². The molecule has 0 aromatic heterocycles. The van der Waals surface area contributed by atoms with Crippen molar-refractivity contribution in [1.82, 2.24) is 5.32 Å². The van der Waals surface area contributed by atoms with Gasteiger partial charge in [-0.1, -0.05) is 38.4 Å². The topological polar surface area (TPSA) is 12.0 Å². The number of rotatable bonds is 5. The van der Waals surface area contributed by atoms with Gasteiger partial charge in [-0.2, -0.15) is 11.8 Å². The predicted molar refractivity (Wildman–Crippen MR) is 80.2 cm³/mol. The van der Waals surface area contributed by atoms with Gasteiger partial charge in [0.25, 0.3) is 0 Å². The Morgan fingerprint density at radius 3 is 2.56 bits per heavy atom.